The Hall–Kier alpha value is -1.24. The first-order chi connectivity index (χ1) is 6.76. The largest absolute Gasteiger partial charge is 0.497 e. The van der Waals surface area contributed by atoms with Crippen LogP contribution in [0.2, 0.25) is 0 Å². The minimum absolute atomic E-state index is 0.927. The van der Waals surface area contributed by atoms with E-state index in [1.165, 1.54) is 11.1 Å². The summed E-state index contributed by atoms with van der Waals surface area (Å²) in [6.07, 6.45) is 4.42. The zero-order valence-electron chi connectivity index (χ0n) is 9.21. The fourth-order valence-electron chi connectivity index (χ4n) is 1.28. The summed E-state index contributed by atoms with van der Waals surface area (Å²) in [7, 11) is 1.69. The molecule has 0 unspecified atom stereocenters. The molecule has 1 aromatic rings. The van der Waals surface area contributed by atoms with Crippen molar-refractivity contribution in [1.82, 2.24) is 0 Å². The molecule has 1 nitrogen and oxygen atoms in total. The minimum Gasteiger partial charge on any atom is -0.497 e. The van der Waals surface area contributed by atoms with Gasteiger partial charge in [0.2, 0.25) is 0 Å². The summed E-state index contributed by atoms with van der Waals surface area (Å²) in [5.41, 5.74) is 2.81. The zero-order valence-corrected chi connectivity index (χ0v) is 9.21. The third-order valence-electron chi connectivity index (χ3n) is 2.46. The molecule has 0 heterocycles. The molecule has 0 aliphatic rings. The maximum atomic E-state index is 5.10. The first-order valence-corrected chi connectivity index (χ1v) is 5.01. The van der Waals surface area contributed by atoms with Crippen LogP contribution in [0, 0.1) is 0 Å². The number of methoxy groups -OCH3 is 1. The molecule has 0 fully saturated rings. The van der Waals surface area contributed by atoms with Crippen LogP contribution in [-0.2, 0) is 6.42 Å². The van der Waals surface area contributed by atoms with Crippen molar-refractivity contribution in [2.24, 2.45) is 0 Å². The number of aryl methyl sites for hydroxylation is 1. The third-order valence-corrected chi connectivity index (χ3v) is 2.46. The van der Waals surface area contributed by atoms with Crippen molar-refractivity contribution in [1.29, 1.82) is 0 Å². The van der Waals surface area contributed by atoms with Gasteiger partial charge in [0.1, 0.15) is 5.75 Å². The molecule has 0 N–H and O–H groups in total. The van der Waals surface area contributed by atoms with Gasteiger partial charge < -0.3 is 4.74 Å². The van der Waals surface area contributed by atoms with Crippen LogP contribution in [0.5, 0.6) is 5.75 Å². The standard InChI is InChI=1S/C13H18O/c1-4-11(2)5-6-12-7-9-13(14-3)10-8-12/h4,7-10H,5-6H2,1-3H3/b11-4+. The van der Waals surface area contributed by atoms with E-state index in [-0.39, 0.29) is 0 Å². The Labute approximate surface area is 86.4 Å². The Morgan fingerprint density at radius 2 is 1.93 bits per heavy atom. The molecule has 0 spiro atoms. The van der Waals surface area contributed by atoms with Crippen LogP contribution in [-0.4, -0.2) is 7.11 Å². The van der Waals surface area contributed by atoms with E-state index >= 15 is 0 Å². The molecule has 14 heavy (non-hydrogen) atoms. The van der Waals surface area contributed by atoms with Gasteiger partial charge in [-0.2, -0.15) is 0 Å². The summed E-state index contributed by atoms with van der Waals surface area (Å²) in [6, 6.07) is 8.28. The van der Waals surface area contributed by atoms with Crippen molar-refractivity contribution in [2.45, 2.75) is 26.7 Å². The molecule has 0 amide bonds. The van der Waals surface area contributed by atoms with E-state index in [0.29, 0.717) is 0 Å². The molecule has 0 aliphatic heterocycles. The maximum Gasteiger partial charge on any atom is 0.118 e. The first-order valence-electron chi connectivity index (χ1n) is 5.01. The summed E-state index contributed by atoms with van der Waals surface area (Å²) in [4.78, 5) is 0. The van der Waals surface area contributed by atoms with Crippen LogP contribution >= 0.6 is 0 Å². The lowest BCUT2D eigenvalue weighted by Gasteiger charge is -2.03. The SMILES string of the molecule is C/C=C(\C)CCc1ccc(OC)cc1. The highest BCUT2D eigenvalue weighted by molar-refractivity contribution is 5.27. The van der Waals surface area contributed by atoms with Crippen LogP contribution in [0.25, 0.3) is 0 Å². The predicted molar refractivity (Wildman–Crippen MR) is 60.7 cm³/mol. The second-order valence-electron chi connectivity index (χ2n) is 3.48. The third kappa shape index (κ3) is 3.25. The van der Waals surface area contributed by atoms with Crippen molar-refractivity contribution in [3.63, 3.8) is 0 Å². The monoisotopic (exact) mass is 190 g/mol. The van der Waals surface area contributed by atoms with Gasteiger partial charge in [0, 0.05) is 0 Å². The minimum atomic E-state index is 0.927. The van der Waals surface area contributed by atoms with Crippen LogP contribution in [0.4, 0.5) is 0 Å². The molecule has 0 bridgehead atoms. The highest BCUT2D eigenvalue weighted by Crippen LogP contribution is 2.14. The fraction of sp³-hybridized carbons (Fsp3) is 0.385. The van der Waals surface area contributed by atoms with Crippen LogP contribution in [0.1, 0.15) is 25.8 Å². The van der Waals surface area contributed by atoms with E-state index < -0.39 is 0 Å². The van der Waals surface area contributed by atoms with Gasteiger partial charge in [-0.3, -0.25) is 0 Å². The molecular weight excluding hydrogens is 172 g/mol. The lowest BCUT2D eigenvalue weighted by atomic mass is 10.1. The van der Waals surface area contributed by atoms with Crippen molar-refractivity contribution in [2.75, 3.05) is 7.11 Å². The normalized spacial score (nSPS) is 11.5. The molecular formula is C13H18O. The smallest absolute Gasteiger partial charge is 0.118 e. The lowest BCUT2D eigenvalue weighted by molar-refractivity contribution is 0.414. The van der Waals surface area contributed by atoms with E-state index in [9.17, 15) is 0 Å². The average molecular weight is 190 g/mol. The predicted octanol–water partition coefficient (Wildman–Crippen LogP) is 3.59. The highest BCUT2D eigenvalue weighted by atomic mass is 16.5. The topological polar surface area (TPSA) is 9.23 Å². The molecule has 0 radical (unpaired) electrons. The Morgan fingerprint density at radius 1 is 1.29 bits per heavy atom. The van der Waals surface area contributed by atoms with Gasteiger partial charge in [-0.15, -0.1) is 0 Å². The van der Waals surface area contributed by atoms with Crippen LogP contribution in [0.3, 0.4) is 0 Å². The van der Waals surface area contributed by atoms with E-state index in [2.05, 4.69) is 32.1 Å². The number of hydrogen-bond donors (Lipinski definition) is 0. The quantitative estimate of drug-likeness (QED) is 0.659. The summed E-state index contributed by atoms with van der Waals surface area (Å²) in [6.45, 7) is 4.26. The number of benzene rings is 1. The number of hydrogen-bond acceptors (Lipinski definition) is 1. The number of allylic oxidation sites excluding steroid dienone is 2. The first kappa shape index (κ1) is 10.8. The van der Waals surface area contributed by atoms with Crippen LogP contribution in [0.15, 0.2) is 35.9 Å². The molecule has 0 aromatic heterocycles. The van der Waals surface area contributed by atoms with E-state index in [4.69, 9.17) is 4.74 Å². The van der Waals surface area contributed by atoms with Crippen molar-refractivity contribution in [3.8, 4) is 5.75 Å². The summed E-state index contributed by atoms with van der Waals surface area (Å²) in [5.74, 6) is 0.927. The number of ether oxygens (including phenoxy) is 1. The van der Waals surface area contributed by atoms with Crippen LogP contribution < -0.4 is 4.74 Å². The van der Waals surface area contributed by atoms with E-state index in [0.717, 1.165) is 18.6 Å². The Bertz CT molecular complexity index is 296. The second kappa shape index (κ2) is 5.48. The Kier molecular flexibility index (Phi) is 4.24. The van der Waals surface area contributed by atoms with Gasteiger partial charge in [-0.1, -0.05) is 23.8 Å². The number of rotatable bonds is 4. The average Bonchev–Trinajstić information content (AvgIpc) is 2.26. The molecule has 0 saturated heterocycles. The molecule has 0 saturated carbocycles. The fourth-order valence-corrected chi connectivity index (χ4v) is 1.28. The van der Waals surface area contributed by atoms with E-state index in [1.807, 2.05) is 12.1 Å². The zero-order chi connectivity index (χ0) is 10.4. The summed E-state index contributed by atoms with van der Waals surface area (Å²) in [5, 5.41) is 0. The summed E-state index contributed by atoms with van der Waals surface area (Å²) >= 11 is 0. The molecule has 0 aliphatic carbocycles. The lowest BCUT2D eigenvalue weighted by Crippen LogP contribution is -1.87. The Morgan fingerprint density at radius 3 is 2.43 bits per heavy atom. The van der Waals surface area contributed by atoms with Crippen molar-refractivity contribution < 1.29 is 4.74 Å². The Balaban J connectivity index is 2.52. The summed E-state index contributed by atoms with van der Waals surface area (Å²) < 4.78 is 5.10. The molecule has 1 rings (SSSR count). The van der Waals surface area contributed by atoms with Crippen molar-refractivity contribution >= 4 is 0 Å². The van der Waals surface area contributed by atoms with Crippen molar-refractivity contribution in [3.05, 3.63) is 41.5 Å². The second-order valence-corrected chi connectivity index (χ2v) is 3.48. The molecule has 76 valence electrons. The molecule has 0 atom stereocenters. The molecule has 1 heteroatoms. The van der Waals surface area contributed by atoms with Gasteiger partial charge in [-0.05, 0) is 44.4 Å². The maximum absolute atomic E-state index is 5.10. The van der Waals surface area contributed by atoms with Gasteiger partial charge in [-0.25, -0.2) is 0 Å². The van der Waals surface area contributed by atoms with Gasteiger partial charge >= 0.3 is 0 Å². The molecule has 1 aromatic carbocycles. The highest BCUT2D eigenvalue weighted by Gasteiger charge is 1.95. The van der Waals surface area contributed by atoms with E-state index in [1.54, 1.807) is 7.11 Å². The van der Waals surface area contributed by atoms with Gasteiger partial charge in [0.15, 0.2) is 0 Å². The van der Waals surface area contributed by atoms with Gasteiger partial charge in [0.25, 0.3) is 0 Å². The van der Waals surface area contributed by atoms with Gasteiger partial charge in [0.05, 0.1) is 7.11 Å².